The second-order valence-corrected chi connectivity index (χ2v) is 9.61. The van der Waals surface area contributed by atoms with E-state index in [4.69, 9.17) is 17.3 Å². The second kappa shape index (κ2) is 10.6. The first-order valence-corrected chi connectivity index (χ1v) is 12.3. The van der Waals surface area contributed by atoms with Crippen molar-refractivity contribution in [1.82, 2.24) is 24.8 Å². The maximum absolute atomic E-state index is 13.7. The molecule has 0 spiro atoms. The van der Waals surface area contributed by atoms with Gasteiger partial charge in [-0.1, -0.05) is 30.7 Å². The van der Waals surface area contributed by atoms with E-state index in [0.717, 1.165) is 21.6 Å². The number of hydrogen-bond donors (Lipinski definition) is 2. The van der Waals surface area contributed by atoms with Crippen LogP contribution < -0.4 is 16.0 Å². The van der Waals surface area contributed by atoms with Gasteiger partial charge in [0.05, 0.1) is 12.0 Å². The molecule has 2 aromatic heterocycles. The van der Waals surface area contributed by atoms with E-state index in [1.165, 1.54) is 4.90 Å². The van der Waals surface area contributed by atoms with Crippen LogP contribution in [0, 0.1) is 12.8 Å². The molecule has 0 radical (unpaired) electrons. The lowest BCUT2D eigenvalue weighted by molar-refractivity contribution is -0.156. The van der Waals surface area contributed by atoms with Crippen molar-refractivity contribution >= 4 is 41.2 Å². The predicted molar refractivity (Wildman–Crippen MR) is 141 cm³/mol. The van der Waals surface area contributed by atoms with Crippen molar-refractivity contribution in [2.45, 2.75) is 38.8 Å². The van der Waals surface area contributed by atoms with Gasteiger partial charge < -0.3 is 15.6 Å². The van der Waals surface area contributed by atoms with Crippen molar-refractivity contribution in [1.29, 1.82) is 0 Å². The number of pyridine rings is 1. The number of imide groups is 1. The number of benzene rings is 1. The number of hydrogen-bond acceptors (Lipinski definition) is 6. The number of rotatable bonds is 7. The van der Waals surface area contributed by atoms with Crippen LogP contribution in [0.3, 0.4) is 0 Å². The number of halogens is 1. The zero-order valence-electron chi connectivity index (χ0n) is 21.2. The minimum Gasteiger partial charge on any atom is -0.384 e. The maximum atomic E-state index is 13.7. The van der Waals surface area contributed by atoms with Gasteiger partial charge in [0.15, 0.2) is 0 Å². The number of aromatic nitrogens is 3. The largest absolute Gasteiger partial charge is 0.384 e. The number of nitrogen functional groups attached to an aromatic ring is 1. The third-order valence-corrected chi connectivity index (χ3v) is 7.12. The number of urea groups is 1. The highest BCUT2D eigenvalue weighted by atomic mass is 35.5. The fraction of sp³-hybridized carbons (Fsp3) is 0.346. The van der Waals surface area contributed by atoms with E-state index < -0.39 is 29.8 Å². The Morgan fingerprint density at radius 1 is 1.22 bits per heavy atom. The molecule has 194 valence electrons. The summed E-state index contributed by atoms with van der Waals surface area (Å²) in [6.45, 7) is 3.82. The summed E-state index contributed by atoms with van der Waals surface area (Å²) >= 11 is 6.30. The zero-order valence-corrected chi connectivity index (χ0v) is 21.9. The smallest absolute Gasteiger partial charge is 0.325 e. The molecule has 1 saturated heterocycles. The molecule has 3 heterocycles. The van der Waals surface area contributed by atoms with Crippen LogP contribution in [0.1, 0.15) is 36.1 Å². The average Bonchev–Trinajstić information content (AvgIpc) is 3.30. The molecule has 1 unspecified atom stereocenters. The van der Waals surface area contributed by atoms with E-state index in [1.807, 2.05) is 26.0 Å². The van der Waals surface area contributed by atoms with Gasteiger partial charge in [0.2, 0.25) is 11.9 Å². The van der Waals surface area contributed by atoms with E-state index >= 15 is 0 Å². The predicted octanol–water partition coefficient (Wildman–Crippen LogP) is 3.25. The van der Waals surface area contributed by atoms with Crippen molar-refractivity contribution in [3.05, 3.63) is 70.6 Å². The standard InChI is InChI=1S/C26H30ClN7O3/c1-5-20(17-7-6-15(2)19(27)14-17)31-26(37)34-22(24(36)33(4)25-30-10-11-32(25)3)18(23(34)35)12-16-8-9-29-21(28)13-16/h6-11,13-14,18,20,22H,5,12H2,1-4H3,(H2,28,29)(H,31,37)/t18-,20?,22+/m1/s1. The number of β-lactam (4-membered cyclic amide) rings is 1. The van der Waals surface area contributed by atoms with Crippen LogP contribution in [-0.4, -0.2) is 50.4 Å². The first-order chi connectivity index (χ1) is 17.6. The second-order valence-electron chi connectivity index (χ2n) is 9.21. The van der Waals surface area contributed by atoms with Gasteiger partial charge in [-0.05, 0) is 54.7 Å². The van der Waals surface area contributed by atoms with Crippen LogP contribution in [-0.2, 0) is 23.1 Å². The molecule has 1 fully saturated rings. The lowest BCUT2D eigenvalue weighted by Crippen LogP contribution is -2.70. The Balaban J connectivity index is 1.61. The number of aryl methyl sites for hydroxylation is 2. The summed E-state index contributed by atoms with van der Waals surface area (Å²) in [6.07, 6.45) is 5.65. The molecule has 1 aliphatic heterocycles. The molecule has 10 nitrogen and oxygen atoms in total. The Hall–Kier alpha value is -3.92. The lowest BCUT2D eigenvalue weighted by Gasteiger charge is -2.45. The number of nitrogens with one attached hydrogen (secondary N) is 1. The maximum Gasteiger partial charge on any atom is 0.325 e. The summed E-state index contributed by atoms with van der Waals surface area (Å²) in [5.74, 6) is -0.873. The molecule has 3 atom stereocenters. The third-order valence-electron chi connectivity index (χ3n) is 6.72. The van der Waals surface area contributed by atoms with Crippen LogP contribution in [0.15, 0.2) is 48.9 Å². The normalized spacial score (nSPS) is 17.8. The Morgan fingerprint density at radius 3 is 2.59 bits per heavy atom. The molecule has 4 rings (SSSR count). The van der Waals surface area contributed by atoms with Crippen molar-refractivity contribution in [2.24, 2.45) is 13.0 Å². The first-order valence-electron chi connectivity index (χ1n) is 12.0. The third kappa shape index (κ3) is 5.15. The molecule has 4 amide bonds. The Kier molecular flexibility index (Phi) is 7.49. The molecule has 37 heavy (non-hydrogen) atoms. The SMILES string of the molecule is CCC(NC(=O)N1C(=O)[C@H](Cc2ccnc(N)c2)[C@H]1C(=O)N(C)c1nccn1C)c1ccc(C)c(Cl)c1. The highest BCUT2D eigenvalue weighted by molar-refractivity contribution is 6.31. The van der Waals surface area contributed by atoms with Gasteiger partial charge in [0.25, 0.3) is 5.91 Å². The Labute approximate surface area is 220 Å². The van der Waals surface area contributed by atoms with Crippen LogP contribution in [0.5, 0.6) is 0 Å². The fourth-order valence-corrected chi connectivity index (χ4v) is 4.76. The van der Waals surface area contributed by atoms with E-state index in [2.05, 4.69) is 15.3 Å². The monoisotopic (exact) mass is 523 g/mol. The highest BCUT2D eigenvalue weighted by Gasteiger charge is 2.55. The van der Waals surface area contributed by atoms with Crippen molar-refractivity contribution in [3.8, 4) is 0 Å². The van der Waals surface area contributed by atoms with Crippen molar-refractivity contribution in [3.63, 3.8) is 0 Å². The number of likely N-dealkylation sites (N-methyl/N-ethyl adjacent to an activating group) is 1. The highest BCUT2D eigenvalue weighted by Crippen LogP contribution is 2.33. The van der Waals surface area contributed by atoms with Crippen LogP contribution in [0.25, 0.3) is 0 Å². The number of carbonyl (C=O) groups excluding carboxylic acids is 3. The van der Waals surface area contributed by atoms with Gasteiger partial charge in [-0.25, -0.2) is 14.8 Å². The first kappa shape index (κ1) is 26.2. The summed E-state index contributed by atoms with van der Waals surface area (Å²) in [7, 11) is 3.34. The number of nitrogens with two attached hydrogens (primary N) is 1. The van der Waals surface area contributed by atoms with Crippen LogP contribution in [0.2, 0.25) is 5.02 Å². The molecule has 3 aromatic rings. The molecule has 11 heteroatoms. The van der Waals surface area contributed by atoms with E-state index in [1.54, 1.807) is 55.5 Å². The van der Waals surface area contributed by atoms with Crippen molar-refractivity contribution < 1.29 is 14.4 Å². The zero-order chi connectivity index (χ0) is 26.9. The summed E-state index contributed by atoms with van der Waals surface area (Å²) in [5.41, 5.74) is 8.30. The minimum absolute atomic E-state index is 0.241. The van der Waals surface area contributed by atoms with Gasteiger partial charge in [-0.3, -0.25) is 19.4 Å². The van der Waals surface area contributed by atoms with E-state index in [0.29, 0.717) is 23.2 Å². The quantitative estimate of drug-likeness (QED) is 0.458. The van der Waals surface area contributed by atoms with Gasteiger partial charge >= 0.3 is 6.03 Å². The van der Waals surface area contributed by atoms with Gasteiger partial charge in [-0.15, -0.1) is 0 Å². The molecular formula is C26H30ClN7O3. The fourth-order valence-electron chi connectivity index (χ4n) is 4.58. The lowest BCUT2D eigenvalue weighted by atomic mass is 9.81. The average molecular weight is 524 g/mol. The van der Waals surface area contributed by atoms with Crippen molar-refractivity contribution in [2.75, 3.05) is 17.7 Å². The molecular weight excluding hydrogens is 494 g/mol. The Morgan fingerprint density at radius 2 is 1.97 bits per heavy atom. The number of imidazole rings is 1. The topological polar surface area (TPSA) is 126 Å². The molecule has 0 saturated carbocycles. The summed E-state index contributed by atoms with van der Waals surface area (Å²) in [4.78, 5) is 50.9. The summed E-state index contributed by atoms with van der Waals surface area (Å²) < 4.78 is 1.69. The molecule has 1 aromatic carbocycles. The summed E-state index contributed by atoms with van der Waals surface area (Å²) in [5, 5.41) is 3.50. The number of likely N-dealkylation sites (tertiary alicyclic amines) is 1. The Bertz CT molecular complexity index is 1340. The van der Waals surface area contributed by atoms with Gasteiger partial charge in [-0.2, -0.15) is 0 Å². The molecule has 0 aliphatic carbocycles. The molecule has 0 bridgehead atoms. The summed E-state index contributed by atoms with van der Waals surface area (Å²) in [6, 6.07) is 6.94. The van der Waals surface area contributed by atoms with E-state index in [-0.39, 0.29) is 12.5 Å². The van der Waals surface area contributed by atoms with Gasteiger partial charge in [0.1, 0.15) is 11.9 Å². The number of anilines is 2. The number of carbonyl (C=O) groups is 3. The van der Waals surface area contributed by atoms with Crippen LogP contribution in [0.4, 0.5) is 16.6 Å². The number of nitrogens with zero attached hydrogens (tertiary/aromatic N) is 5. The van der Waals surface area contributed by atoms with Crippen LogP contribution >= 0.6 is 11.6 Å². The molecule has 3 N–H and O–H groups in total. The molecule has 1 aliphatic rings. The minimum atomic E-state index is -1.01. The van der Waals surface area contributed by atoms with Gasteiger partial charge in [0, 0.05) is 37.7 Å². The number of amides is 4. The van der Waals surface area contributed by atoms with E-state index in [9.17, 15) is 14.4 Å².